The molecule has 5 aromatic carbocycles. The third-order valence-corrected chi connectivity index (χ3v) is 9.73. The lowest BCUT2D eigenvalue weighted by Gasteiger charge is -2.41. The van der Waals surface area contributed by atoms with Crippen LogP contribution in [-0.2, 0) is 17.6 Å². The Morgan fingerprint density at radius 3 is 1.85 bits per heavy atom. The van der Waals surface area contributed by atoms with E-state index in [9.17, 15) is 66.1 Å². The zero-order chi connectivity index (χ0) is 38.0. The number of benzene rings is 5. The van der Waals surface area contributed by atoms with Gasteiger partial charge in [-0.3, -0.25) is 0 Å². The van der Waals surface area contributed by atoms with E-state index >= 15 is 0 Å². The maximum atomic E-state index is 13.4. The largest absolute Gasteiger partial charge is 0.508 e. The molecule has 12 N–H and O–H groups in total. The second kappa shape index (κ2) is 12.7. The molecule has 0 amide bonds. The Morgan fingerprint density at radius 1 is 0.604 bits per heavy atom. The number of hydrogen-bond donors (Lipinski definition) is 12. The highest BCUT2D eigenvalue weighted by Gasteiger charge is 2.46. The number of phenols is 11. The summed E-state index contributed by atoms with van der Waals surface area (Å²) in [7, 11) is 0. The van der Waals surface area contributed by atoms with Gasteiger partial charge in [0.25, 0.3) is 0 Å². The van der Waals surface area contributed by atoms with E-state index in [-0.39, 0.29) is 52.2 Å². The average molecular weight is 729 g/mol. The van der Waals surface area contributed by atoms with Crippen molar-refractivity contribution in [2.24, 2.45) is 0 Å². The summed E-state index contributed by atoms with van der Waals surface area (Å²) in [6.45, 7) is 0. The second-order valence-electron chi connectivity index (χ2n) is 13.0. The van der Waals surface area contributed by atoms with Crippen LogP contribution in [0, 0.1) is 0 Å². The summed E-state index contributed by atoms with van der Waals surface area (Å²) in [6.07, 6.45) is -4.52. The number of phenolic OH excluding ortho intramolecular Hbond substituents is 11. The minimum Gasteiger partial charge on any atom is -0.508 e. The van der Waals surface area contributed by atoms with Gasteiger partial charge >= 0.3 is 5.97 Å². The molecule has 274 valence electrons. The molecule has 5 aromatic rings. The first-order chi connectivity index (χ1) is 25.1. The van der Waals surface area contributed by atoms with Crippen LogP contribution < -0.4 is 4.74 Å². The van der Waals surface area contributed by atoms with Gasteiger partial charge < -0.3 is 70.8 Å². The average Bonchev–Trinajstić information content (AvgIpc) is 3.10. The SMILES string of the molecule is O=C(OC1Cc2c(O)cc(O)c(C3c4c(O)cc(O)cc4CC(c4ccc(O)c(O)c4)C3O)c2OC1c1ccc(O)c(O)c1)c1cc(O)c(O)c(O)c1. The summed E-state index contributed by atoms with van der Waals surface area (Å²) < 4.78 is 12.2. The highest BCUT2D eigenvalue weighted by molar-refractivity contribution is 5.91. The van der Waals surface area contributed by atoms with Crippen molar-refractivity contribution in [2.45, 2.75) is 43.0 Å². The molecule has 53 heavy (non-hydrogen) atoms. The number of carbonyl (C=O) groups excluding carboxylic acids is 1. The topological polar surface area (TPSA) is 278 Å². The smallest absolute Gasteiger partial charge is 0.338 e. The molecule has 5 unspecified atom stereocenters. The van der Waals surface area contributed by atoms with Crippen LogP contribution in [0.15, 0.2) is 66.7 Å². The summed E-state index contributed by atoms with van der Waals surface area (Å²) in [5, 5.41) is 127. The number of ether oxygens (including phenoxy) is 2. The molecule has 0 saturated heterocycles. The van der Waals surface area contributed by atoms with Crippen molar-refractivity contribution < 1.29 is 75.5 Å². The molecule has 2 aliphatic rings. The van der Waals surface area contributed by atoms with Crippen LogP contribution in [0.2, 0.25) is 0 Å². The monoisotopic (exact) mass is 728 g/mol. The van der Waals surface area contributed by atoms with E-state index in [4.69, 9.17) is 9.47 Å². The van der Waals surface area contributed by atoms with Crippen LogP contribution in [0.1, 0.15) is 61.7 Å². The predicted molar refractivity (Wildman–Crippen MR) is 181 cm³/mol. The Labute approximate surface area is 298 Å². The van der Waals surface area contributed by atoms with Gasteiger partial charge in [0, 0.05) is 52.6 Å². The summed E-state index contributed by atoms with van der Waals surface area (Å²) in [4.78, 5) is 13.4. The summed E-state index contributed by atoms with van der Waals surface area (Å²) in [5.74, 6) is -9.83. The van der Waals surface area contributed by atoms with Gasteiger partial charge in [-0.25, -0.2) is 4.79 Å². The number of aliphatic hydroxyl groups excluding tert-OH is 1. The van der Waals surface area contributed by atoms with E-state index in [1.165, 1.54) is 30.3 Å². The van der Waals surface area contributed by atoms with Crippen molar-refractivity contribution in [3.63, 3.8) is 0 Å². The maximum Gasteiger partial charge on any atom is 0.338 e. The molecule has 15 heteroatoms. The number of aliphatic hydroxyl groups is 1. The van der Waals surface area contributed by atoms with Crippen molar-refractivity contribution in [2.75, 3.05) is 0 Å². The molecule has 1 aliphatic carbocycles. The van der Waals surface area contributed by atoms with Crippen molar-refractivity contribution in [1.29, 1.82) is 0 Å². The molecule has 0 fully saturated rings. The Bertz CT molecular complexity index is 2280. The van der Waals surface area contributed by atoms with Gasteiger partial charge in [0.1, 0.15) is 34.9 Å². The summed E-state index contributed by atoms with van der Waals surface area (Å²) in [5.41, 5.74) is 0.395. The minimum absolute atomic E-state index is 0.0247. The van der Waals surface area contributed by atoms with Crippen LogP contribution >= 0.6 is 0 Å². The predicted octanol–water partition coefficient (Wildman–Crippen LogP) is 4.18. The number of fused-ring (bicyclic) bond motifs is 2. The fourth-order valence-electron chi connectivity index (χ4n) is 7.23. The highest BCUT2D eigenvalue weighted by Crippen LogP contribution is 2.56. The first-order valence-corrected chi connectivity index (χ1v) is 16.1. The van der Waals surface area contributed by atoms with Crippen molar-refractivity contribution >= 4 is 5.97 Å². The van der Waals surface area contributed by atoms with Crippen LogP contribution in [0.3, 0.4) is 0 Å². The van der Waals surface area contributed by atoms with Gasteiger partial charge in [0.15, 0.2) is 46.4 Å². The van der Waals surface area contributed by atoms with E-state index in [0.29, 0.717) is 11.1 Å². The quantitative estimate of drug-likeness (QED) is 0.0893. The van der Waals surface area contributed by atoms with Crippen molar-refractivity contribution in [1.82, 2.24) is 0 Å². The van der Waals surface area contributed by atoms with Crippen molar-refractivity contribution in [3.8, 4) is 69.0 Å². The first kappa shape index (κ1) is 34.6. The van der Waals surface area contributed by atoms with E-state index in [2.05, 4.69) is 0 Å². The lowest BCUT2D eigenvalue weighted by Crippen LogP contribution is -2.37. The number of hydrogen-bond acceptors (Lipinski definition) is 15. The molecule has 7 rings (SSSR count). The Hall–Kier alpha value is -6.87. The standard InChI is InChI=1S/C38H32O15/c39-18-5-16-6-19(14-1-3-21(40)24(43)7-14)34(49)33(31(16)26(45)11-18)32-27(46)13-23(42)20-12-30(52-38(51)17-9-28(47)35(50)29(48)10-17)36(53-37(20)32)15-2-4-22(41)25(44)8-15/h1-5,7-11,13,19,30,33-34,36,39-50H,6,12H2. The number of rotatable bonds is 5. The van der Waals surface area contributed by atoms with Crippen LogP contribution in [0.25, 0.3) is 0 Å². The fraction of sp³-hybridized carbons (Fsp3) is 0.184. The third kappa shape index (κ3) is 5.92. The van der Waals surface area contributed by atoms with E-state index in [1.807, 2.05) is 0 Å². The number of aromatic hydroxyl groups is 11. The van der Waals surface area contributed by atoms with Gasteiger partial charge in [-0.05, 0) is 60.0 Å². The molecule has 0 aromatic heterocycles. The highest BCUT2D eigenvalue weighted by atomic mass is 16.6. The molecular formula is C38H32O15. The molecular weight excluding hydrogens is 696 g/mol. The molecule has 0 bridgehead atoms. The Kier molecular flexibility index (Phi) is 8.30. The first-order valence-electron chi connectivity index (χ1n) is 16.1. The van der Waals surface area contributed by atoms with Gasteiger partial charge in [-0.15, -0.1) is 0 Å². The number of carbonyl (C=O) groups is 1. The third-order valence-electron chi connectivity index (χ3n) is 9.73. The molecule has 5 atom stereocenters. The molecule has 0 radical (unpaired) electrons. The van der Waals surface area contributed by atoms with Crippen molar-refractivity contribution in [3.05, 3.63) is 106 Å². The zero-order valence-corrected chi connectivity index (χ0v) is 27.2. The van der Waals surface area contributed by atoms with E-state index < -0.39 is 93.6 Å². The van der Waals surface area contributed by atoms with Gasteiger partial charge in [-0.1, -0.05) is 12.1 Å². The summed E-state index contributed by atoms with van der Waals surface area (Å²) in [6, 6.07) is 12.6. The maximum absolute atomic E-state index is 13.4. The van der Waals surface area contributed by atoms with Gasteiger partial charge in [-0.2, -0.15) is 0 Å². The van der Waals surface area contributed by atoms with Gasteiger partial charge in [0.05, 0.1) is 11.7 Å². The van der Waals surface area contributed by atoms with E-state index in [1.54, 1.807) is 0 Å². The van der Waals surface area contributed by atoms with Crippen LogP contribution in [0.4, 0.5) is 0 Å². The van der Waals surface area contributed by atoms with E-state index in [0.717, 1.165) is 36.4 Å². The Balaban J connectivity index is 1.39. The summed E-state index contributed by atoms with van der Waals surface area (Å²) >= 11 is 0. The van der Waals surface area contributed by atoms with Gasteiger partial charge in [0.2, 0.25) is 0 Å². The molecule has 0 saturated carbocycles. The lowest BCUT2D eigenvalue weighted by molar-refractivity contribution is -0.0196. The lowest BCUT2D eigenvalue weighted by atomic mass is 9.68. The van der Waals surface area contributed by atoms with Crippen LogP contribution in [0.5, 0.6) is 69.0 Å². The second-order valence-corrected chi connectivity index (χ2v) is 13.0. The number of esters is 1. The fourth-order valence-corrected chi connectivity index (χ4v) is 7.23. The molecule has 1 heterocycles. The Morgan fingerprint density at radius 2 is 1.21 bits per heavy atom. The zero-order valence-electron chi connectivity index (χ0n) is 27.2. The minimum atomic E-state index is -1.49. The van der Waals surface area contributed by atoms with Crippen LogP contribution in [-0.4, -0.2) is 79.5 Å². The molecule has 15 nitrogen and oxygen atoms in total. The molecule has 1 aliphatic heterocycles. The molecule has 0 spiro atoms. The normalized spacial score (nSPS) is 20.5.